The fourth-order valence-electron chi connectivity index (χ4n) is 4.92. The van der Waals surface area contributed by atoms with Crippen molar-refractivity contribution in [2.75, 3.05) is 19.6 Å². The molecule has 0 spiro atoms. The molecule has 2 heterocycles. The third-order valence-electron chi connectivity index (χ3n) is 6.52. The van der Waals surface area contributed by atoms with Gasteiger partial charge in [0.1, 0.15) is 12.2 Å². The average Bonchev–Trinajstić information content (AvgIpc) is 2.72. The van der Waals surface area contributed by atoms with E-state index in [2.05, 4.69) is 14.9 Å². The van der Waals surface area contributed by atoms with Crippen LogP contribution in [-0.4, -0.2) is 46.7 Å². The Morgan fingerprint density at radius 1 is 0.704 bits per heavy atom. The molecule has 0 radical (unpaired) electrons. The highest BCUT2D eigenvalue weighted by atomic mass is 16.5. The highest BCUT2D eigenvalue weighted by Crippen LogP contribution is 2.30. The second-order valence-electron chi connectivity index (χ2n) is 8.67. The summed E-state index contributed by atoms with van der Waals surface area (Å²) in [5.74, 6) is 2.11. The topological polar surface area (TPSA) is 47.5 Å². The molecule has 3 fully saturated rings. The van der Waals surface area contributed by atoms with Gasteiger partial charge in [-0.3, -0.25) is 0 Å². The van der Waals surface area contributed by atoms with Gasteiger partial charge in [0.05, 0.1) is 0 Å². The number of hydrogen-bond acceptors (Lipinski definition) is 5. The summed E-state index contributed by atoms with van der Waals surface area (Å²) in [4.78, 5) is 11.5. The van der Waals surface area contributed by atoms with E-state index in [1.165, 1.54) is 57.9 Å². The van der Waals surface area contributed by atoms with Crippen molar-refractivity contribution < 1.29 is 9.47 Å². The van der Waals surface area contributed by atoms with E-state index in [9.17, 15) is 0 Å². The third kappa shape index (κ3) is 5.56. The van der Waals surface area contributed by atoms with E-state index in [1.807, 2.05) is 0 Å². The Hall–Kier alpha value is -1.36. The molecule has 4 rings (SSSR count). The van der Waals surface area contributed by atoms with Crippen LogP contribution in [0.4, 0.5) is 0 Å². The van der Waals surface area contributed by atoms with Gasteiger partial charge in [-0.05, 0) is 57.3 Å². The summed E-state index contributed by atoms with van der Waals surface area (Å²) in [6.07, 6.45) is 19.3. The molecule has 2 aliphatic carbocycles. The Morgan fingerprint density at radius 3 is 1.81 bits per heavy atom. The van der Waals surface area contributed by atoms with Crippen molar-refractivity contribution in [1.82, 2.24) is 14.9 Å². The maximum Gasteiger partial charge on any atom is 0.278 e. The van der Waals surface area contributed by atoms with Crippen molar-refractivity contribution >= 4 is 0 Å². The van der Waals surface area contributed by atoms with Gasteiger partial charge in [-0.2, -0.15) is 0 Å². The van der Waals surface area contributed by atoms with E-state index in [4.69, 9.17) is 9.47 Å². The highest BCUT2D eigenvalue weighted by Gasteiger charge is 2.26. The van der Waals surface area contributed by atoms with Crippen molar-refractivity contribution in [3.63, 3.8) is 0 Å². The Bertz CT molecular complexity index is 562. The summed E-state index contributed by atoms with van der Waals surface area (Å²) in [6.45, 7) is 3.56. The molecule has 0 bridgehead atoms. The predicted molar refractivity (Wildman–Crippen MR) is 106 cm³/mol. The van der Waals surface area contributed by atoms with Crippen LogP contribution in [0.3, 0.4) is 0 Å². The first-order valence-electron chi connectivity index (χ1n) is 11.2. The fraction of sp³-hybridized carbons (Fsp3) is 0.818. The number of piperidine rings is 1. The van der Waals surface area contributed by atoms with E-state index in [1.54, 1.807) is 12.4 Å². The zero-order valence-electron chi connectivity index (χ0n) is 16.7. The molecule has 0 atom stereocenters. The summed E-state index contributed by atoms with van der Waals surface area (Å²) >= 11 is 0. The largest absolute Gasteiger partial charge is 0.471 e. The van der Waals surface area contributed by atoms with E-state index in [0.29, 0.717) is 11.8 Å². The molecule has 0 amide bonds. The Labute approximate surface area is 163 Å². The normalized spacial score (nSPS) is 24.0. The molecule has 1 aromatic heterocycles. The predicted octanol–water partition coefficient (Wildman–Crippen LogP) is 4.61. The standard InChI is InChI=1S/C22H35N3O2/c1-3-7-18(8-4-1)17-25-15-11-20(12-16-25)27-22-21(23-13-14-24-22)26-19-9-5-2-6-10-19/h13-14,18-20H,1-12,15-17H2. The minimum Gasteiger partial charge on any atom is -0.471 e. The molecular weight excluding hydrogens is 338 g/mol. The van der Waals surface area contributed by atoms with Crippen LogP contribution in [0.5, 0.6) is 11.8 Å². The molecular formula is C22H35N3O2. The quantitative estimate of drug-likeness (QED) is 0.729. The lowest BCUT2D eigenvalue weighted by Crippen LogP contribution is -2.41. The second-order valence-corrected chi connectivity index (χ2v) is 8.67. The van der Waals surface area contributed by atoms with Gasteiger partial charge in [-0.25, -0.2) is 9.97 Å². The van der Waals surface area contributed by atoms with Crippen LogP contribution in [0.15, 0.2) is 12.4 Å². The van der Waals surface area contributed by atoms with E-state index < -0.39 is 0 Å². The summed E-state index contributed by atoms with van der Waals surface area (Å²) in [6, 6.07) is 0. The van der Waals surface area contributed by atoms with Crippen LogP contribution in [0, 0.1) is 5.92 Å². The zero-order valence-corrected chi connectivity index (χ0v) is 16.7. The minimum atomic E-state index is 0.234. The lowest BCUT2D eigenvalue weighted by atomic mass is 9.88. The van der Waals surface area contributed by atoms with Crippen LogP contribution in [0.2, 0.25) is 0 Å². The van der Waals surface area contributed by atoms with E-state index >= 15 is 0 Å². The lowest BCUT2D eigenvalue weighted by molar-refractivity contribution is 0.0746. The number of ether oxygens (including phenoxy) is 2. The average molecular weight is 374 g/mol. The molecule has 5 heteroatoms. The molecule has 2 saturated carbocycles. The summed E-state index contributed by atoms with van der Waals surface area (Å²) < 4.78 is 12.4. The van der Waals surface area contributed by atoms with Gasteiger partial charge in [0, 0.05) is 32.0 Å². The van der Waals surface area contributed by atoms with Gasteiger partial charge in [0.25, 0.3) is 11.8 Å². The van der Waals surface area contributed by atoms with Crippen molar-refractivity contribution in [2.24, 2.45) is 5.92 Å². The van der Waals surface area contributed by atoms with Crippen molar-refractivity contribution in [1.29, 1.82) is 0 Å². The Kier molecular flexibility index (Phi) is 6.83. The molecule has 1 aliphatic heterocycles. The SMILES string of the molecule is c1cnc(OC2CCN(CC3CCCCC3)CC2)c(OC2CCCCC2)n1. The van der Waals surface area contributed by atoms with Crippen LogP contribution >= 0.6 is 0 Å². The third-order valence-corrected chi connectivity index (χ3v) is 6.52. The van der Waals surface area contributed by atoms with Crippen molar-refractivity contribution in [3.8, 4) is 11.8 Å². The summed E-state index contributed by atoms with van der Waals surface area (Å²) in [7, 11) is 0. The van der Waals surface area contributed by atoms with Gasteiger partial charge in [0.2, 0.25) is 0 Å². The van der Waals surface area contributed by atoms with Gasteiger partial charge in [-0.15, -0.1) is 0 Å². The smallest absolute Gasteiger partial charge is 0.278 e. The van der Waals surface area contributed by atoms with Gasteiger partial charge < -0.3 is 14.4 Å². The Morgan fingerprint density at radius 2 is 1.22 bits per heavy atom. The first-order valence-corrected chi connectivity index (χ1v) is 11.2. The van der Waals surface area contributed by atoms with Crippen molar-refractivity contribution in [2.45, 2.75) is 89.3 Å². The van der Waals surface area contributed by atoms with Crippen molar-refractivity contribution in [3.05, 3.63) is 12.4 Å². The zero-order chi connectivity index (χ0) is 18.3. The van der Waals surface area contributed by atoms with Crippen LogP contribution < -0.4 is 9.47 Å². The first-order chi connectivity index (χ1) is 13.4. The molecule has 5 nitrogen and oxygen atoms in total. The van der Waals surface area contributed by atoms with E-state index in [0.717, 1.165) is 44.7 Å². The maximum absolute atomic E-state index is 6.24. The molecule has 150 valence electrons. The molecule has 1 aromatic rings. The van der Waals surface area contributed by atoms with Crippen LogP contribution in [-0.2, 0) is 0 Å². The molecule has 1 saturated heterocycles. The monoisotopic (exact) mass is 373 g/mol. The molecule has 0 unspecified atom stereocenters. The first kappa shape index (κ1) is 19.0. The molecule has 27 heavy (non-hydrogen) atoms. The minimum absolute atomic E-state index is 0.234. The number of aromatic nitrogens is 2. The van der Waals surface area contributed by atoms with Gasteiger partial charge in [0.15, 0.2) is 0 Å². The number of likely N-dealkylation sites (tertiary alicyclic amines) is 1. The van der Waals surface area contributed by atoms with Gasteiger partial charge >= 0.3 is 0 Å². The fourth-order valence-corrected chi connectivity index (χ4v) is 4.92. The molecule has 0 aromatic carbocycles. The maximum atomic E-state index is 6.24. The summed E-state index contributed by atoms with van der Waals surface area (Å²) in [5, 5.41) is 0. The van der Waals surface area contributed by atoms with Gasteiger partial charge in [-0.1, -0.05) is 25.7 Å². The molecule has 0 N–H and O–H groups in total. The highest BCUT2D eigenvalue weighted by molar-refractivity contribution is 5.24. The summed E-state index contributed by atoms with van der Waals surface area (Å²) in [5.41, 5.74) is 0. The lowest BCUT2D eigenvalue weighted by Gasteiger charge is -2.35. The van der Waals surface area contributed by atoms with Crippen LogP contribution in [0.1, 0.15) is 77.0 Å². The number of rotatable bonds is 6. The van der Waals surface area contributed by atoms with Crippen LogP contribution in [0.25, 0.3) is 0 Å². The number of hydrogen-bond donors (Lipinski definition) is 0. The number of nitrogens with zero attached hydrogens (tertiary/aromatic N) is 3. The second kappa shape index (κ2) is 9.72. The molecule has 3 aliphatic rings. The van der Waals surface area contributed by atoms with E-state index in [-0.39, 0.29) is 12.2 Å². The Balaban J connectivity index is 1.26.